The summed E-state index contributed by atoms with van der Waals surface area (Å²) in [6.07, 6.45) is 3.00. The van der Waals surface area contributed by atoms with E-state index < -0.39 is 12.0 Å². The number of nitrogens with one attached hydrogen (secondary N) is 2. The number of carboxylic acid groups (broad SMARTS) is 1. The molecule has 1 saturated carbocycles. The van der Waals surface area contributed by atoms with Gasteiger partial charge in [-0.05, 0) is 43.9 Å². The number of primary amides is 1. The van der Waals surface area contributed by atoms with Gasteiger partial charge in [0.15, 0.2) is 0 Å². The summed E-state index contributed by atoms with van der Waals surface area (Å²) in [5.41, 5.74) is 7.47. The second-order valence-corrected chi connectivity index (χ2v) is 6.80. The molecule has 0 saturated heterocycles. The Kier molecular flexibility index (Phi) is 5.93. The molecule has 2 amide bonds. The summed E-state index contributed by atoms with van der Waals surface area (Å²) in [6.45, 7) is 2.94. The average molecular weight is 384 g/mol. The molecule has 0 atom stereocenters. The molecule has 3 rings (SSSR count). The van der Waals surface area contributed by atoms with Crippen molar-refractivity contribution >= 4 is 29.5 Å². The Morgan fingerprint density at radius 2 is 2.14 bits per heavy atom. The Bertz CT molecular complexity index is 868. The minimum absolute atomic E-state index is 0.161. The summed E-state index contributed by atoms with van der Waals surface area (Å²) in [6, 6.07) is 7.82. The lowest BCUT2D eigenvalue weighted by molar-refractivity contribution is 0.100. The molecule has 0 aliphatic heterocycles. The molecule has 1 heterocycles. The number of rotatable bonds is 9. The maximum absolute atomic E-state index is 11.7. The van der Waals surface area contributed by atoms with Crippen LogP contribution in [0.4, 0.5) is 22.2 Å². The quantitative estimate of drug-likeness (QED) is 0.488. The predicted molar refractivity (Wildman–Crippen MR) is 106 cm³/mol. The van der Waals surface area contributed by atoms with E-state index in [9.17, 15) is 14.7 Å². The van der Waals surface area contributed by atoms with Crippen LogP contribution >= 0.6 is 0 Å². The largest absolute Gasteiger partial charge is 0.465 e. The topological polar surface area (TPSA) is 133 Å². The first-order valence-electron chi connectivity index (χ1n) is 9.18. The van der Waals surface area contributed by atoms with Crippen molar-refractivity contribution in [3.63, 3.8) is 0 Å². The Labute approximate surface area is 163 Å². The van der Waals surface area contributed by atoms with Crippen molar-refractivity contribution in [2.24, 2.45) is 5.73 Å². The lowest BCUT2D eigenvalue weighted by Crippen LogP contribution is -2.33. The van der Waals surface area contributed by atoms with Crippen LogP contribution in [0.1, 0.15) is 35.2 Å². The number of aromatic nitrogens is 2. The molecule has 1 aliphatic rings. The molecule has 1 aromatic heterocycles. The Morgan fingerprint density at radius 1 is 1.36 bits per heavy atom. The highest BCUT2D eigenvalue weighted by Crippen LogP contribution is 2.27. The fraction of sp³-hybridized carbons (Fsp3) is 0.368. The zero-order valence-corrected chi connectivity index (χ0v) is 15.7. The maximum atomic E-state index is 11.7. The highest BCUT2D eigenvalue weighted by Gasteiger charge is 2.31. The zero-order valence-electron chi connectivity index (χ0n) is 15.7. The van der Waals surface area contributed by atoms with Crippen molar-refractivity contribution in [3.05, 3.63) is 41.6 Å². The van der Waals surface area contributed by atoms with E-state index in [2.05, 4.69) is 20.6 Å². The molecule has 2 aromatic rings. The highest BCUT2D eigenvalue weighted by molar-refractivity contribution is 5.98. The summed E-state index contributed by atoms with van der Waals surface area (Å²) in [7, 11) is 0. The molecule has 0 unspecified atom stereocenters. The number of aryl methyl sites for hydroxylation is 1. The Morgan fingerprint density at radius 3 is 2.79 bits per heavy atom. The molecule has 28 heavy (non-hydrogen) atoms. The summed E-state index contributed by atoms with van der Waals surface area (Å²) < 4.78 is 0. The van der Waals surface area contributed by atoms with Crippen LogP contribution in [0.15, 0.2) is 30.5 Å². The van der Waals surface area contributed by atoms with E-state index in [1.165, 1.54) is 11.1 Å². The number of benzene rings is 1. The van der Waals surface area contributed by atoms with Crippen molar-refractivity contribution in [2.45, 2.75) is 32.2 Å². The van der Waals surface area contributed by atoms with Crippen LogP contribution in [0.3, 0.4) is 0 Å². The molecule has 0 bridgehead atoms. The van der Waals surface area contributed by atoms with Gasteiger partial charge in [0.2, 0.25) is 5.95 Å². The average Bonchev–Trinajstić information content (AvgIpc) is 3.46. The fourth-order valence-electron chi connectivity index (χ4n) is 2.87. The molecule has 0 radical (unpaired) electrons. The van der Waals surface area contributed by atoms with Crippen molar-refractivity contribution in [3.8, 4) is 0 Å². The molecule has 9 heteroatoms. The van der Waals surface area contributed by atoms with Gasteiger partial charge in [0.05, 0.1) is 0 Å². The highest BCUT2D eigenvalue weighted by atomic mass is 16.4. The first kappa shape index (κ1) is 19.4. The molecule has 0 spiro atoms. The lowest BCUT2D eigenvalue weighted by atomic mass is 10.2. The first-order chi connectivity index (χ1) is 13.4. The van der Waals surface area contributed by atoms with Gasteiger partial charge in [-0.2, -0.15) is 4.98 Å². The van der Waals surface area contributed by atoms with Crippen LogP contribution in [-0.2, 0) is 0 Å². The van der Waals surface area contributed by atoms with E-state index in [0.717, 1.165) is 24.1 Å². The smallest absolute Gasteiger partial charge is 0.407 e. The number of carbonyl (C=O) groups is 2. The number of anilines is 3. The number of amides is 2. The van der Waals surface area contributed by atoms with Crippen LogP contribution < -0.4 is 16.4 Å². The fourth-order valence-corrected chi connectivity index (χ4v) is 2.87. The Balaban J connectivity index is 1.63. The standard InChI is InChI=1S/C19H24N6O3/c1-12-4-2-5-13(10-12)23-17-15(16(20)26)11-22-18(24-17)21-8-3-9-25(19(27)28)14-6-7-14/h2,4-5,10-11,14H,3,6-9H2,1H3,(H2,20,26)(H,27,28)(H2,21,22,23,24). The van der Waals surface area contributed by atoms with Gasteiger partial charge in [-0.15, -0.1) is 0 Å². The number of hydrogen-bond donors (Lipinski definition) is 4. The summed E-state index contributed by atoms with van der Waals surface area (Å²) in [5, 5.41) is 15.4. The second kappa shape index (κ2) is 8.55. The molecular weight excluding hydrogens is 360 g/mol. The van der Waals surface area contributed by atoms with Crippen LogP contribution in [0.2, 0.25) is 0 Å². The van der Waals surface area contributed by atoms with Gasteiger partial charge in [-0.25, -0.2) is 9.78 Å². The normalized spacial score (nSPS) is 13.0. The van der Waals surface area contributed by atoms with E-state index in [1.54, 1.807) is 0 Å². The van der Waals surface area contributed by atoms with Gasteiger partial charge in [0.1, 0.15) is 11.4 Å². The number of nitrogens with two attached hydrogens (primary N) is 1. The molecular formula is C19H24N6O3. The van der Waals surface area contributed by atoms with Gasteiger partial charge in [0, 0.05) is 31.0 Å². The zero-order chi connectivity index (χ0) is 20.1. The SMILES string of the molecule is Cc1cccc(Nc2nc(NCCCN(C(=O)O)C3CC3)ncc2C(N)=O)c1. The molecule has 1 aromatic carbocycles. The maximum Gasteiger partial charge on any atom is 0.407 e. The van der Waals surface area contributed by atoms with Crippen LogP contribution in [0.5, 0.6) is 0 Å². The van der Waals surface area contributed by atoms with Gasteiger partial charge in [-0.1, -0.05) is 12.1 Å². The lowest BCUT2D eigenvalue weighted by Gasteiger charge is -2.18. The third-order valence-corrected chi connectivity index (χ3v) is 4.43. The van der Waals surface area contributed by atoms with Crippen molar-refractivity contribution in [2.75, 3.05) is 23.7 Å². The molecule has 1 aliphatic carbocycles. The third kappa shape index (κ3) is 5.09. The predicted octanol–water partition coefficient (Wildman–Crippen LogP) is 2.57. The van der Waals surface area contributed by atoms with Crippen LogP contribution in [0.25, 0.3) is 0 Å². The summed E-state index contributed by atoms with van der Waals surface area (Å²) in [4.78, 5) is 32.9. The molecule has 5 N–H and O–H groups in total. The molecule has 9 nitrogen and oxygen atoms in total. The Hall–Kier alpha value is -3.36. The van der Waals surface area contributed by atoms with E-state index in [-0.39, 0.29) is 11.6 Å². The van der Waals surface area contributed by atoms with Crippen molar-refractivity contribution < 1.29 is 14.7 Å². The van der Waals surface area contributed by atoms with E-state index in [0.29, 0.717) is 31.3 Å². The van der Waals surface area contributed by atoms with Gasteiger partial charge in [-0.3, -0.25) is 4.79 Å². The van der Waals surface area contributed by atoms with Crippen LogP contribution in [-0.4, -0.2) is 51.1 Å². The van der Waals surface area contributed by atoms with E-state index >= 15 is 0 Å². The second-order valence-electron chi connectivity index (χ2n) is 6.80. The monoisotopic (exact) mass is 384 g/mol. The van der Waals surface area contributed by atoms with Crippen LogP contribution in [0, 0.1) is 6.92 Å². The number of hydrogen-bond acceptors (Lipinski definition) is 6. The number of nitrogens with zero attached hydrogens (tertiary/aromatic N) is 3. The number of carbonyl (C=O) groups excluding carboxylic acids is 1. The summed E-state index contributed by atoms with van der Waals surface area (Å²) >= 11 is 0. The van der Waals surface area contributed by atoms with E-state index in [4.69, 9.17) is 5.73 Å². The minimum atomic E-state index is -0.880. The van der Waals surface area contributed by atoms with Crippen molar-refractivity contribution in [1.82, 2.24) is 14.9 Å². The van der Waals surface area contributed by atoms with Crippen molar-refractivity contribution in [1.29, 1.82) is 0 Å². The third-order valence-electron chi connectivity index (χ3n) is 4.43. The molecule has 148 valence electrons. The first-order valence-corrected chi connectivity index (χ1v) is 9.18. The van der Waals surface area contributed by atoms with Gasteiger partial charge >= 0.3 is 6.09 Å². The van der Waals surface area contributed by atoms with E-state index in [1.807, 2.05) is 31.2 Å². The van der Waals surface area contributed by atoms with Gasteiger partial charge < -0.3 is 26.4 Å². The molecule has 1 fully saturated rings. The minimum Gasteiger partial charge on any atom is -0.465 e. The van der Waals surface area contributed by atoms with Gasteiger partial charge in [0.25, 0.3) is 5.91 Å². The summed E-state index contributed by atoms with van der Waals surface area (Å²) in [5.74, 6) is 0.0393.